The lowest BCUT2D eigenvalue weighted by Crippen LogP contribution is -2.54. The van der Waals surface area contributed by atoms with Crippen molar-refractivity contribution in [3.8, 4) is 0 Å². The Kier molecular flexibility index (Phi) is 8.42. The van der Waals surface area contributed by atoms with Crippen molar-refractivity contribution in [2.75, 3.05) is 13.1 Å². The topological polar surface area (TPSA) is 67.9 Å². The predicted octanol–water partition coefficient (Wildman–Crippen LogP) is 5.83. The largest absolute Gasteiger partial charge is 0.481 e. The van der Waals surface area contributed by atoms with Crippen molar-refractivity contribution in [2.45, 2.75) is 64.6 Å². The zero-order valence-corrected chi connectivity index (χ0v) is 23.1. The van der Waals surface area contributed by atoms with Crippen molar-refractivity contribution >= 4 is 31.1 Å². The molecular formula is C30H35BF2N2O4. The summed E-state index contributed by atoms with van der Waals surface area (Å²) >= 11 is 0. The molecule has 0 aromatic heterocycles. The van der Waals surface area contributed by atoms with Crippen molar-refractivity contribution in [3.63, 3.8) is 0 Å². The Morgan fingerprint density at radius 3 is 1.77 bits per heavy atom. The van der Waals surface area contributed by atoms with Crippen LogP contribution in [-0.2, 0) is 14.1 Å². The third-order valence-electron chi connectivity index (χ3n) is 7.52. The Labute approximate surface area is 229 Å². The average molecular weight is 536 g/mol. The minimum atomic E-state index is -0.617. The minimum Gasteiger partial charge on any atom is -0.402 e. The van der Waals surface area contributed by atoms with E-state index in [9.17, 15) is 18.4 Å². The van der Waals surface area contributed by atoms with Gasteiger partial charge in [-0.15, -0.1) is 0 Å². The van der Waals surface area contributed by atoms with Crippen molar-refractivity contribution in [1.29, 1.82) is 0 Å². The van der Waals surface area contributed by atoms with Gasteiger partial charge in [-0.2, -0.15) is 0 Å². The Morgan fingerprint density at radius 1 is 0.923 bits per heavy atom. The molecule has 2 aliphatic rings. The van der Waals surface area contributed by atoms with E-state index in [1.807, 2.05) is 34.6 Å². The molecule has 1 N–H and O–H groups in total. The number of nitrogens with zero attached hydrogens (tertiary/aromatic N) is 1. The Bertz CT molecular complexity index is 1190. The number of halogens is 2. The Balaban J connectivity index is 1.61. The molecule has 1 atom stereocenters. The first-order valence-corrected chi connectivity index (χ1v) is 13.3. The number of ketones is 1. The van der Waals surface area contributed by atoms with Gasteiger partial charge < -0.3 is 19.5 Å². The van der Waals surface area contributed by atoms with E-state index in [4.69, 9.17) is 9.31 Å². The molecule has 2 fully saturated rings. The molecule has 0 unspecified atom stereocenters. The van der Waals surface area contributed by atoms with Crippen LogP contribution in [0, 0.1) is 11.6 Å². The fourth-order valence-corrected chi connectivity index (χ4v) is 4.59. The lowest BCUT2D eigenvalue weighted by molar-refractivity contribution is -0.113. The van der Waals surface area contributed by atoms with Gasteiger partial charge in [0.15, 0.2) is 5.78 Å². The van der Waals surface area contributed by atoms with Crippen LogP contribution in [0.25, 0.3) is 12.2 Å². The molecule has 0 spiro atoms. The number of benzene rings is 2. The number of Topliss-reactive ketones (excluding diaryl/α,β-unsaturated/α-hetero) is 1. The number of urea groups is 1. The van der Waals surface area contributed by atoms with Crippen LogP contribution < -0.4 is 5.32 Å². The molecule has 0 bridgehead atoms. The number of nitrogens with one attached hydrogen (secondary N) is 1. The van der Waals surface area contributed by atoms with Crippen LogP contribution in [0.5, 0.6) is 0 Å². The van der Waals surface area contributed by atoms with Crippen LogP contribution in [0.4, 0.5) is 13.6 Å². The summed E-state index contributed by atoms with van der Waals surface area (Å²) in [6.07, 6.45) is 4.78. The highest BCUT2D eigenvalue weighted by Gasteiger charge is 2.54. The molecular weight excluding hydrogens is 501 g/mol. The van der Waals surface area contributed by atoms with E-state index in [2.05, 4.69) is 5.32 Å². The van der Waals surface area contributed by atoms with E-state index in [0.717, 1.165) is 6.42 Å². The molecule has 2 amide bonds. The standard InChI is InChI=1S/C30H35BF2N2O4/c1-6-7-26(31-38-29(2,3)30(4,5)39-31)34-28(37)35-18-22(16-20-8-12-24(32)13-9-20)27(36)23(19-35)17-21-10-14-25(33)15-11-21/h8-17,26H,6-7,18-19H2,1-5H3,(H,34,37)/b22-16+,23-17+/t26-/m0/s1. The molecule has 2 aliphatic heterocycles. The third kappa shape index (κ3) is 6.65. The molecule has 4 rings (SSSR count). The van der Waals surface area contributed by atoms with E-state index in [-0.39, 0.29) is 36.5 Å². The van der Waals surface area contributed by atoms with E-state index < -0.39 is 24.3 Å². The SMILES string of the molecule is CCC[C@H](NC(=O)N1C/C(=C\c2ccc(F)cc2)C(=O)/C(=C/c2ccc(F)cc2)C1)B1OC(C)(C)C(C)(C)O1. The summed E-state index contributed by atoms with van der Waals surface area (Å²) in [6, 6.07) is 11.2. The molecule has 0 saturated carbocycles. The Hall–Kier alpha value is -3.30. The fraction of sp³-hybridized carbons (Fsp3) is 0.400. The summed E-state index contributed by atoms with van der Waals surface area (Å²) in [5.41, 5.74) is 0.982. The second kappa shape index (κ2) is 11.4. The number of hydrogen-bond donors (Lipinski definition) is 1. The van der Waals surface area contributed by atoms with E-state index >= 15 is 0 Å². The number of carbonyl (C=O) groups excluding carboxylic acids is 2. The lowest BCUT2D eigenvalue weighted by Gasteiger charge is -2.32. The van der Waals surface area contributed by atoms with Crippen LogP contribution in [-0.4, -0.2) is 54.1 Å². The van der Waals surface area contributed by atoms with E-state index in [1.165, 1.54) is 24.3 Å². The van der Waals surface area contributed by atoms with Crippen LogP contribution in [0.15, 0.2) is 59.7 Å². The van der Waals surface area contributed by atoms with Crippen molar-refractivity contribution < 1.29 is 27.7 Å². The molecule has 2 saturated heterocycles. The average Bonchev–Trinajstić information content (AvgIpc) is 3.10. The highest BCUT2D eigenvalue weighted by molar-refractivity contribution is 6.48. The van der Waals surface area contributed by atoms with Gasteiger partial charge in [-0.05, 0) is 81.7 Å². The van der Waals surface area contributed by atoms with Crippen molar-refractivity contribution in [3.05, 3.63) is 82.4 Å². The quantitative estimate of drug-likeness (QED) is 0.373. The number of likely N-dealkylation sites (tertiary alicyclic amines) is 1. The van der Waals surface area contributed by atoms with Crippen LogP contribution in [0.2, 0.25) is 0 Å². The summed E-state index contributed by atoms with van der Waals surface area (Å²) in [5.74, 6) is -1.37. The van der Waals surface area contributed by atoms with E-state index in [0.29, 0.717) is 28.7 Å². The molecule has 206 valence electrons. The predicted molar refractivity (Wildman–Crippen MR) is 149 cm³/mol. The number of amides is 2. The zero-order chi connectivity index (χ0) is 28.4. The number of piperidine rings is 1. The van der Waals surface area contributed by atoms with Gasteiger partial charge >= 0.3 is 13.1 Å². The van der Waals surface area contributed by atoms with Crippen molar-refractivity contribution in [2.24, 2.45) is 0 Å². The maximum atomic E-state index is 13.6. The maximum Gasteiger partial charge on any atom is 0.481 e. The summed E-state index contributed by atoms with van der Waals surface area (Å²) in [5, 5.41) is 3.08. The van der Waals surface area contributed by atoms with Gasteiger partial charge in [-0.1, -0.05) is 37.6 Å². The van der Waals surface area contributed by atoms with E-state index in [1.54, 1.807) is 41.3 Å². The summed E-state index contributed by atoms with van der Waals surface area (Å²) in [4.78, 5) is 28.6. The van der Waals surface area contributed by atoms with Gasteiger partial charge in [0.05, 0.1) is 30.2 Å². The first kappa shape index (κ1) is 28.7. The fourth-order valence-electron chi connectivity index (χ4n) is 4.59. The minimum absolute atomic E-state index is 0.0744. The van der Waals surface area contributed by atoms with Gasteiger partial charge in [0, 0.05) is 11.1 Å². The molecule has 2 heterocycles. The van der Waals surface area contributed by atoms with Crippen LogP contribution >= 0.6 is 0 Å². The highest BCUT2D eigenvalue weighted by Crippen LogP contribution is 2.38. The monoisotopic (exact) mass is 536 g/mol. The first-order valence-electron chi connectivity index (χ1n) is 13.3. The van der Waals surface area contributed by atoms with Gasteiger partial charge in [0.2, 0.25) is 0 Å². The number of rotatable bonds is 6. The molecule has 2 aromatic rings. The molecule has 9 heteroatoms. The molecule has 2 aromatic carbocycles. The highest BCUT2D eigenvalue weighted by atomic mass is 19.1. The zero-order valence-electron chi connectivity index (χ0n) is 23.1. The summed E-state index contributed by atoms with van der Waals surface area (Å²) in [6.45, 7) is 10.0. The summed E-state index contributed by atoms with van der Waals surface area (Å²) in [7, 11) is -0.617. The third-order valence-corrected chi connectivity index (χ3v) is 7.52. The molecule has 39 heavy (non-hydrogen) atoms. The van der Waals surface area contributed by atoms with Crippen molar-refractivity contribution in [1.82, 2.24) is 10.2 Å². The molecule has 6 nitrogen and oxygen atoms in total. The van der Waals surface area contributed by atoms with Gasteiger partial charge in [0.25, 0.3) is 0 Å². The number of carbonyl (C=O) groups is 2. The lowest BCUT2D eigenvalue weighted by atomic mass is 9.76. The second-order valence-corrected chi connectivity index (χ2v) is 11.1. The second-order valence-electron chi connectivity index (χ2n) is 11.1. The normalized spacial score (nSPS) is 21.5. The van der Waals surface area contributed by atoms with Crippen LogP contribution in [0.1, 0.15) is 58.6 Å². The van der Waals surface area contributed by atoms with Gasteiger partial charge in [-0.3, -0.25) is 4.79 Å². The summed E-state index contributed by atoms with van der Waals surface area (Å²) < 4.78 is 39.3. The number of hydrogen-bond acceptors (Lipinski definition) is 4. The maximum absolute atomic E-state index is 13.6. The van der Waals surface area contributed by atoms with Crippen LogP contribution in [0.3, 0.4) is 0 Å². The Morgan fingerprint density at radius 2 is 1.36 bits per heavy atom. The molecule has 0 aliphatic carbocycles. The first-order chi connectivity index (χ1) is 18.4. The van der Waals surface area contributed by atoms with Gasteiger partial charge in [-0.25, -0.2) is 13.6 Å². The smallest absolute Gasteiger partial charge is 0.402 e. The molecule has 0 radical (unpaired) electrons. The van der Waals surface area contributed by atoms with Gasteiger partial charge in [0.1, 0.15) is 11.6 Å².